The summed E-state index contributed by atoms with van der Waals surface area (Å²) in [5.41, 5.74) is 4.93. The molecule has 2 heterocycles. The lowest BCUT2D eigenvalue weighted by Crippen LogP contribution is -2.29. The summed E-state index contributed by atoms with van der Waals surface area (Å²) in [7, 11) is 1.83. The van der Waals surface area contributed by atoms with E-state index >= 15 is 0 Å². The molecule has 0 saturated carbocycles. The first-order valence-corrected chi connectivity index (χ1v) is 8.73. The monoisotopic (exact) mass is 348 g/mol. The van der Waals surface area contributed by atoms with Gasteiger partial charge in [0, 0.05) is 30.7 Å². The molecule has 2 aromatic heterocycles. The lowest BCUT2D eigenvalue weighted by Gasteiger charge is -2.25. The van der Waals surface area contributed by atoms with Gasteiger partial charge in [-0.1, -0.05) is 12.1 Å². The lowest BCUT2D eigenvalue weighted by atomic mass is 10.1. The highest BCUT2D eigenvalue weighted by molar-refractivity contribution is 5.94. The minimum absolute atomic E-state index is 0.00419. The van der Waals surface area contributed by atoms with Gasteiger partial charge < -0.3 is 4.90 Å². The summed E-state index contributed by atoms with van der Waals surface area (Å²) in [4.78, 5) is 18.7. The number of carbonyl (C=O) groups is 1. The highest BCUT2D eigenvalue weighted by atomic mass is 16.2. The Hall–Kier alpha value is -2.95. The number of benzene rings is 1. The van der Waals surface area contributed by atoms with E-state index in [1.54, 1.807) is 17.3 Å². The molecule has 0 N–H and O–H groups in total. The van der Waals surface area contributed by atoms with E-state index in [-0.39, 0.29) is 11.9 Å². The number of hydrogen-bond acceptors (Lipinski definition) is 3. The second-order valence-corrected chi connectivity index (χ2v) is 6.66. The van der Waals surface area contributed by atoms with E-state index in [0.717, 1.165) is 22.5 Å². The van der Waals surface area contributed by atoms with Crippen molar-refractivity contribution in [3.05, 3.63) is 82.9 Å². The molecular weight excluding hydrogens is 324 g/mol. The maximum atomic E-state index is 12.9. The molecule has 0 aliphatic carbocycles. The number of aromatic nitrogens is 3. The molecule has 0 radical (unpaired) electrons. The first-order chi connectivity index (χ1) is 12.5. The quantitative estimate of drug-likeness (QED) is 0.705. The topological polar surface area (TPSA) is 51.0 Å². The fourth-order valence-corrected chi connectivity index (χ4v) is 3.06. The molecule has 0 saturated heterocycles. The van der Waals surface area contributed by atoms with Gasteiger partial charge >= 0.3 is 0 Å². The molecular formula is C21H24N4O. The molecule has 1 amide bonds. The van der Waals surface area contributed by atoms with Crippen molar-refractivity contribution in [1.29, 1.82) is 0 Å². The first-order valence-electron chi connectivity index (χ1n) is 8.73. The second kappa shape index (κ2) is 7.52. The van der Waals surface area contributed by atoms with Crippen molar-refractivity contribution < 1.29 is 4.79 Å². The molecule has 134 valence electrons. The molecule has 3 aromatic rings. The van der Waals surface area contributed by atoms with Crippen molar-refractivity contribution in [3.63, 3.8) is 0 Å². The third-order valence-electron chi connectivity index (χ3n) is 4.70. The standard InChI is InChI=1S/C21H24N4O/c1-15-12-16(2)25(23-15)14-18-6-5-7-20(13-18)21(26)24(4)17(3)19-8-10-22-11-9-19/h5-13,17H,14H2,1-4H3/t17-/m1/s1. The van der Waals surface area contributed by atoms with Gasteiger partial charge in [0.05, 0.1) is 18.3 Å². The average Bonchev–Trinajstić information content (AvgIpc) is 2.97. The van der Waals surface area contributed by atoms with E-state index < -0.39 is 0 Å². The summed E-state index contributed by atoms with van der Waals surface area (Å²) in [6, 6.07) is 13.7. The zero-order chi connectivity index (χ0) is 18.7. The van der Waals surface area contributed by atoms with Crippen LogP contribution >= 0.6 is 0 Å². The molecule has 0 bridgehead atoms. The minimum atomic E-state index is -0.0230. The third kappa shape index (κ3) is 3.82. The number of amides is 1. The van der Waals surface area contributed by atoms with Gasteiger partial charge in [0.2, 0.25) is 0 Å². The maximum Gasteiger partial charge on any atom is 0.254 e. The third-order valence-corrected chi connectivity index (χ3v) is 4.70. The van der Waals surface area contributed by atoms with Crippen molar-refractivity contribution in [1.82, 2.24) is 19.7 Å². The van der Waals surface area contributed by atoms with Crippen LogP contribution in [0.1, 0.15) is 45.8 Å². The Labute approximate surface area is 154 Å². The van der Waals surface area contributed by atoms with Gasteiger partial charge in [-0.25, -0.2) is 0 Å². The van der Waals surface area contributed by atoms with Gasteiger partial charge in [-0.15, -0.1) is 0 Å². The lowest BCUT2D eigenvalue weighted by molar-refractivity contribution is 0.0742. The van der Waals surface area contributed by atoms with Crippen LogP contribution in [-0.4, -0.2) is 32.6 Å². The number of aryl methyl sites for hydroxylation is 2. The highest BCUT2D eigenvalue weighted by Crippen LogP contribution is 2.20. The van der Waals surface area contributed by atoms with Crippen molar-refractivity contribution in [3.8, 4) is 0 Å². The molecule has 5 nitrogen and oxygen atoms in total. The Balaban J connectivity index is 1.78. The Morgan fingerprint density at radius 2 is 1.88 bits per heavy atom. The van der Waals surface area contributed by atoms with Crippen LogP contribution in [-0.2, 0) is 6.54 Å². The predicted molar refractivity (Wildman–Crippen MR) is 102 cm³/mol. The molecule has 0 fully saturated rings. The zero-order valence-electron chi connectivity index (χ0n) is 15.7. The summed E-state index contributed by atoms with van der Waals surface area (Å²) in [6.07, 6.45) is 3.50. The molecule has 0 aliphatic rings. The van der Waals surface area contributed by atoms with Crippen LogP contribution in [0.4, 0.5) is 0 Å². The summed E-state index contributed by atoms with van der Waals surface area (Å²) < 4.78 is 1.96. The van der Waals surface area contributed by atoms with E-state index in [4.69, 9.17) is 0 Å². The van der Waals surface area contributed by atoms with E-state index in [9.17, 15) is 4.79 Å². The Bertz CT molecular complexity index is 901. The SMILES string of the molecule is Cc1cc(C)n(Cc2cccc(C(=O)N(C)[C@H](C)c3ccncc3)c2)n1. The number of carbonyl (C=O) groups excluding carboxylic acids is 1. The van der Waals surface area contributed by atoms with Crippen LogP contribution in [0.5, 0.6) is 0 Å². The molecule has 1 atom stereocenters. The van der Waals surface area contributed by atoms with Crippen LogP contribution in [0.25, 0.3) is 0 Å². The largest absolute Gasteiger partial charge is 0.335 e. The normalized spacial score (nSPS) is 12.0. The average molecular weight is 348 g/mol. The van der Waals surface area contributed by atoms with Crippen molar-refractivity contribution >= 4 is 5.91 Å². The molecule has 1 aromatic carbocycles. The Morgan fingerprint density at radius 3 is 2.54 bits per heavy atom. The van der Waals surface area contributed by atoms with Gasteiger partial charge in [-0.05, 0) is 62.2 Å². The van der Waals surface area contributed by atoms with E-state index in [1.165, 1.54) is 0 Å². The minimum Gasteiger partial charge on any atom is -0.335 e. The Kier molecular flexibility index (Phi) is 5.16. The van der Waals surface area contributed by atoms with Crippen LogP contribution in [0.15, 0.2) is 54.9 Å². The van der Waals surface area contributed by atoms with Crippen molar-refractivity contribution in [2.75, 3.05) is 7.05 Å². The molecule has 5 heteroatoms. The summed E-state index contributed by atoms with van der Waals surface area (Å²) >= 11 is 0. The van der Waals surface area contributed by atoms with E-state index in [2.05, 4.69) is 16.1 Å². The number of rotatable bonds is 5. The van der Waals surface area contributed by atoms with Crippen LogP contribution in [0.2, 0.25) is 0 Å². The number of nitrogens with zero attached hydrogens (tertiary/aromatic N) is 4. The number of hydrogen-bond donors (Lipinski definition) is 0. The molecule has 26 heavy (non-hydrogen) atoms. The summed E-state index contributed by atoms with van der Waals surface area (Å²) in [5.74, 6) is 0.00419. The molecule has 3 rings (SSSR count). The van der Waals surface area contributed by atoms with Gasteiger partial charge in [0.1, 0.15) is 0 Å². The predicted octanol–water partition coefficient (Wildman–Crippen LogP) is 3.78. The van der Waals surface area contributed by atoms with Gasteiger partial charge in [0.15, 0.2) is 0 Å². The van der Waals surface area contributed by atoms with Gasteiger partial charge in [-0.2, -0.15) is 5.10 Å². The highest BCUT2D eigenvalue weighted by Gasteiger charge is 2.19. The van der Waals surface area contributed by atoms with Crippen LogP contribution < -0.4 is 0 Å². The number of pyridine rings is 1. The van der Waals surface area contributed by atoms with Gasteiger partial charge in [0.25, 0.3) is 5.91 Å². The molecule has 0 spiro atoms. The summed E-state index contributed by atoms with van der Waals surface area (Å²) in [5, 5.41) is 4.50. The first kappa shape index (κ1) is 17.9. The van der Waals surface area contributed by atoms with Gasteiger partial charge in [-0.3, -0.25) is 14.5 Å². The smallest absolute Gasteiger partial charge is 0.254 e. The Morgan fingerprint density at radius 1 is 1.15 bits per heavy atom. The van der Waals surface area contributed by atoms with Crippen LogP contribution in [0, 0.1) is 13.8 Å². The van der Waals surface area contributed by atoms with Crippen molar-refractivity contribution in [2.24, 2.45) is 0 Å². The van der Waals surface area contributed by atoms with E-state index in [1.807, 2.05) is 68.9 Å². The maximum absolute atomic E-state index is 12.9. The van der Waals surface area contributed by atoms with Crippen LogP contribution in [0.3, 0.4) is 0 Å². The molecule has 0 unspecified atom stereocenters. The van der Waals surface area contributed by atoms with Crippen molar-refractivity contribution in [2.45, 2.75) is 33.4 Å². The summed E-state index contributed by atoms with van der Waals surface area (Å²) in [6.45, 7) is 6.70. The van der Waals surface area contributed by atoms with E-state index in [0.29, 0.717) is 12.1 Å². The second-order valence-electron chi connectivity index (χ2n) is 6.66. The fourth-order valence-electron chi connectivity index (χ4n) is 3.06. The zero-order valence-corrected chi connectivity index (χ0v) is 15.7. The molecule has 0 aliphatic heterocycles. The fraction of sp³-hybridized carbons (Fsp3) is 0.286.